The molecule has 1 aromatic rings. The van der Waals surface area contributed by atoms with Crippen LogP contribution in [0.4, 0.5) is 0 Å². The maximum atomic E-state index is 5.55. The first kappa shape index (κ1) is 14.4. The Balaban J connectivity index is 2.48. The van der Waals surface area contributed by atoms with E-state index in [2.05, 4.69) is 45.3 Å². The number of benzene rings is 1. The molecule has 0 spiro atoms. The van der Waals surface area contributed by atoms with Gasteiger partial charge >= 0.3 is 0 Å². The number of rotatable bonds is 5. The molecule has 0 saturated heterocycles. The summed E-state index contributed by atoms with van der Waals surface area (Å²) in [6.07, 6.45) is 3.96. The lowest BCUT2D eigenvalue weighted by atomic mass is 9.63. The molecule has 0 unspecified atom stereocenters. The number of aryl methyl sites for hydroxylation is 1. The van der Waals surface area contributed by atoms with Gasteiger partial charge in [0.2, 0.25) is 0 Å². The lowest BCUT2D eigenvalue weighted by molar-refractivity contribution is 0.237. The van der Waals surface area contributed by atoms with Crippen molar-refractivity contribution in [2.75, 3.05) is 20.7 Å². The van der Waals surface area contributed by atoms with Crippen molar-refractivity contribution < 1.29 is 4.74 Å². The minimum Gasteiger partial charge on any atom is -0.496 e. The molecule has 2 heteroatoms. The van der Waals surface area contributed by atoms with E-state index in [0.717, 1.165) is 12.3 Å². The molecule has 1 fully saturated rings. The Kier molecular flexibility index (Phi) is 4.19. The lowest BCUT2D eigenvalue weighted by Gasteiger charge is -2.44. The molecular formula is C17H27NO. The van der Waals surface area contributed by atoms with Gasteiger partial charge in [0, 0.05) is 12.0 Å². The molecule has 19 heavy (non-hydrogen) atoms. The monoisotopic (exact) mass is 261 g/mol. The van der Waals surface area contributed by atoms with Crippen LogP contribution in [0, 0.1) is 6.92 Å². The fourth-order valence-corrected chi connectivity index (χ4v) is 3.38. The standard InChI is InChI=1S/C17H27NO/c1-12(2)14-10-15(13(3)9-16(14)19-5)17(11-18-4)7-6-8-17/h9-10,12,18H,6-8,11H2,1-5H3. The van der Waals surface area contributed by atoms with Crippen molar-refractivity contribution in [2.45, 2.75) is 51.4 Å². The second-order valence-electron chi connectivity index (χ2n) is 6.23. The molecule has 0 radical (unpaired) electrons. The average molecular weight is 261 g/mol. The van der Waals surface area contributed by atoms with E-state index in [-0.39, 0.29) is 0 Å². The van der Waals surface area contributed by atoms with Gasteiger partial charge in [0.25, 0.3) is 0 Å². The molecule has 106 valence electrons. The van der Waals surface area contributed by atoms with Gasteiger partial charge < -0.3 is 10.1 Å². The molecule has 1 aliphatic rings. The Morgan fingerprint density at radius 3 is 2.42 bits per heavy atom. The van der Waals surface area contributed by atoms with Crippen molar-refractivity contribution in [1.82, 2.24) is 5.32 Å². The minimum absolute atomic E-state index is 0.356. The van der Waals surface area contributed by atoms with Gasteiger partial charge in [0.05, 0.1) is 7.11 Å². The number of methoxy groups -OCH3 is 1. The second kappa shape index (κ2) is 5.54. The summed E-state index contributed by atoms with van der Waals surface area (Å²) < 4.78 is 5.55. The quantitative estimate of drug-likeness (QED) is 0.871. The van der Waals surface area contributed by atoms with Gasteiger partial charge in [-0.25, -0.2) is 0 Å². The maximum absolute atomic E-state index is 5.55. The van der Waals surface area contributed by atoms with Crippen molar-refractivity contribution in [2.24, 2.45) is 0 Å². The van der Waals surface area contributed by atoms with Crippen LogP contribution >= 0.6 is 0 Å². The van der Waals surface area contributed by atoms with E-state index in [1.807, 2.05) is 0 Å². The Labute approximate surface area is 117 Å². The van der Waals surface area contributed by atoms with E-state index in [0.29, 0.717) is 11.3 Å². The van der Waals surface area contributed by atoms with E-state index in [4.69, 9.17) is 4.74 Å². The van der Waals surface area contributed by atoms with Crippen molar-refractivity contribution >= 4 is 0 Å². The summed E-state index contributed by atoms with van der Waals surface area (Å²) in [6, 6.07) is 4.62. The van der Waals surface area contributed by atoms with E-state index in [1.165, 1.54) is 36.0 Å². The predicted molar refractivity (Wildman–Crippen MR) is 81.3 cm³/mol. The largest absolute Gasteiger partial charge is 0.496 e. The highest BCUT2D eigenvalue weighted by molar-refractivity contribution is 5.47. The first-order valence-electron chi connectivity index (χ1n) is 7.37. The topological polar surface area (TPSA) is 21.3 Å². The number of hydrogen-bond acceptors (Lipinski definition) is 2. The second-order valence-corrected chi connectivity index (χ2v) is 6.23. The number of hydrogen-bond donors (Lipinski definition) is 1. The van der Waals surface area contributed by atoms with Gasteiger partial charge in [0.15, 0.2) is 0 Å². The molecule has 1 aromatic carbocycles. The Bertz CT molecular complexity index is 447. The van der Waals surface area contributed by atoms with E-state index >= 15 is 0 Å². The van der Waals surface area contributed by atoms with Gasteiger partial charge in [-0.2, -0.15) is 0 Å². The molecule has 1 saturated carbocycles. The van der Waals surface area contributed by atoms with Gasteiger partial charge in [0.1, 0.15) is 5.75 Å². The van der Waals surface area contributed by atoms with Crippen LogP contribution in [-0.4, -0.2) is 20.7 Å². The molecule has 0 bridgehead atoms. The van der Waals surface area contributed by atoms with E-state index in [1.54, 1.807) is 7.11 Å². The summed E-state index contributed by atoms with van der Waals surface area (Å²) in [5, 5.41) is 3.38. The summed E-state index contributed by atoms with van der Waals surface area (Å²) in [4.78, 5) is 0. The van der Waals surface area contributed by atoms with Crippen LogP contribution in [0.2, 0.25) is 0 Å². The zero-order valence-corrected chi connectivity index (χ0v) is 13.0. The summed E-state index contributed by atoms with van der Waals surface area (Å²) in [6.45, 7) is 7.78. The normalized spacial score (nSPS) is 17.4. The minimum atomic E-state index is 0.356. The van der Waals surface area contributed by atoms with Crippen LogP contribution in [-0.2, 0) is 5.41 Å². The van der Waals surface area contributed by atoms with Crippen molar-refractivity contribution in [3.63, 3.8) is 0 Å². The Morgan fingerprint density at radius 1 is 1.32 bits per heavy atom. The smallest absolute Gasteiger partial charge is 0.122 e. The van der Waals surface area contributed by atoms with E-state index in [9.17, 15) is 0 Å². The predicted octanol–water partition coefficient (Wildman–Crippen LogP) is 3.77. The molecule has 2 rings (SSSR count). The van der Waals surface area contributed by atoms with Crippen LogP contribution in [0.25, 0.3) is 0 Å². The van der Waals surface area contributed by atoms with Crippen LogP contribution in [0.15, 0.2) is 12.1 Å². The Hall–Kier alpha value is -1.02. The summed E-state index contributed by atoms with van der Waals surface area (Å²) in [7, 11) is 3.83. The van der Waals surface area contributed by atoms with Crippen molar-refractivity contribution in [3.8, 4) is 5.75 Å². The number of ether oxygens (including phenoxy) is 1. The third-order valence-electron chi connectivity index (χ3n) is 4.60. The Morgan fingerprint density at radius 2 is 2.00 bits per heavy atom. The molecule has 0 atom stereocenters. The fraction of sp³-hybridized carbons (Fsp3) is 0.647. The molecule has 2 nitrogen and oxygen atoms in total. The molecule has 0 aliphatic heterocycles. The van der Waals surface area contributed by atoms with Gasteiger partial charge in [-0.3, -0.25) is 0 Å². The highest BCUT2D eigenvalue weighted by Crippen LogP contribution is 2.46. The first-order valence-corrected chi connectivity index (χ1v) is 7.37. The summed E-state index contributed by atoms with van der Waals surface area (Å²) in [5.41, 5.74) is 4.59. The zero-order chi connectivity index (χ0) is 14.0. The van der Waals surface area contributed by atoms with Gasteiger partial charge in [-0.1, -0.05) is 26.3 Å². The summed E-state index contributed by atoms with van der Waals surface area (Å²) >= 11 is 0. The van der Waals surface area contributed by atoms with Gasteiger partial charge in [-0.15, -0.1) is 0 Å². The lowest BCUT2D eigenvalue weighted by Crippen LogP contribution is -2.43. The summed E-state index contributed by atoms with van der Waals surface area (Å²) in [5.74, 6) is 1.54. The highest BCUT2D eigenvalue weighted by Gasteiger charge is 2.39. The average Bonchev–Trinajstić information content (AvgIpc) is 2.33. The highest BCUT2D eigenvalue weighted by atomic mass is 16.5. The van der Waals surface area contributed by atoms with Crippen LogP contribution in [0.1, 0.15) is 55.7 Å². The molecule has 0 heterocycles. The van der Waals surface area contributed by atoms with Gasteiger partial charge in [-0.05, 0) is 55.5 Å². The third kappa shape index (κ3) is 2.51. The maximum Gasteiger partial charge on any atom is 0.122 e. The molecule has 1 aliphatic carbocycles. The number of nitrogens with one attached hydrogen (secondary N) is 1. The number of likely N-dealkylation sites (N-methyl/N-ethyl adjacent to an activating group) is 1. The SMILES string of the molecule is CNCC1(c2cc(C(C)C)c(OC)cc2C)CCC1. The molecule has 0 aromatic heterocycles. The fourth-order valence-electron chi connectivity index (χ4n) is 3.38. The third-order valence-corrected chi connectivity index (χ3v) is 4.60. The van der Waals surface area contributed by atoms with Crippen molar-refractivity contribution in [3.05, 3.63) is 28.8 Å². The molecule has 0 amide bonds. The first-order chi connectivity index (χ1) is 9.04. The molecule has 1 N–H and O–H groups in total. The van der Waals surface area contributed by atoms with Crippen LogP contribution < -0.4 is 10.1 Å². The molecular weight excluding hydrogens is 234 g/mol. The van der Waals surface area contributed by atoms with Crippen LogP contribution in [0.5, 0.6) is 5.75 Å². The van der Waals surface area contributed by atoms with E-state index < -0.39 is 0 Å². The van der Waals surface area contributed by atoms with Crippen LogP contribution in [0.3, 0.4) is 0 Å². The zero-order valence-electron chi connectivity index (χ0n) is 13.0. The van der Waals surface area contributed by atoms with Crippen molar-refractivity contribution in [1.29, 1.82) is 0 Å².